The van der Waals surface area contributed by atoms with Crippen LogP contribution in [0.3, 0.4) is 0 Å². The van der Waals surface area contributed by atoms with E-state index in [0.29, 0.717) is 11.3 Å². The Balaban J connectivity index is 1.78. The van der Waals surface area contributed by atoms with Crippen molar-refractivity contribution in [3.05, 3.63) is 29.8 Å². The molecule has 3 nitrogen and oxygen atoms in total. The van der Waals surface area contributed by atoms with Crippen LogP contribution in [0.4, 0.5) is 5.69 Å². The van der Waals surface area contributed by atoms with Gasteiger partial charge in [-0.25, -0.2) is 0 Å². The van der Waals surface area contributed by atoms with Gasteiger partial charge in [-0.3, -0.25) is 4.79 Å². The van der Waals surface area contributed by atoms with Crippen LogP contribution in [0, 0.1) is 18.3 Å². The lowest BCUT2D eigenvalue weighted by atomic mass is 9.91. The van der Waals surface area contributed by atoms with Crippen LogP contribution >= 0.6 is 0 Å². The Hall–Kier alpha value is -1.35. The Morgan fingerprint density at radius 3 is 2.70 bits per heavy atom. The van der Waals surface area contributed by atoms with Crippen molar-refractivity contribution in [1.82, 2.24) is 5.32 Å². The molecular weight excluding hydrogens is 248 g/mol. The lowest BCUT2D eigenvalue weighted by Gasteiger charge is -2.27. The van der Waals surface area contributed by atoms with Crippen LogP contribution in [-0.4, -0.2) is 25.5 Å². The summed E-state index contributed by atoms with van der Waals surface area (Å²) in [7, 11) is 0. The highest BCUT2D eigenvalue weighted by Gasteiger charge is 2.58. The summed E-state index contributed by atoms with van der Waals surface area (Å²) < 4.78 is 0. The van der Waals surface area contributed by atoms with E-state index in [1.54, 1.807) is 0 Å². The number of carbonyl (C=O) groups is 1. The number of nitrogens with one attached hydrogen (secondary N) is 1. The number of nitrogens with zero attached hydrogens (tertiary/aromatic N) is 1. The number of amides is 1. The van der Waals surface area contributed by atoms with E-state index >= 15 is 0 Å². The van der Waals surface area contributed by atoms with Crippen LogP contribution in [0.15, 0.2) is 24.3 Å². The summed E-state index contributed by atoms with van der Waals surface area (Å²) in [6.07, 6.45) is 3.42. The van der Waals surface area contributed by atoms with E-state index < -0.39 is 0 Å². The summed E-state index contributed by atoms with van der Waals surface area (Å²) in [5, 5.41) is 3.40. The molecule has 1 unspecified atom stereocenters. The Kier molecular flexibility index (Phi) is 3.55. The van der Waals surface area contributed by atoms with Gasteiger partial charge in [-0.05, 0) is 63.2 Å². The van der Waals surface area contributed by atoms with E-state index in [1.807, 2.05) is 17.0 Å². The molecule has 1 amide bonds. The molecule has 20 heavy (non-hydrogen) atoms. The highest BCUT2D eigenvalue weighted by molar-refractivity contribution is 5.98. The number of benzene rings is 1. The maximum absolute atomic E-state index is 12.9. The van der Waals surface area contributed by atoms with Crippen molar-refractivity contribution in [1.29, 1.82) is 0 Å². The van der Waals surface area contributed by atoms with Crippen LogP contribution in [0.2, 0.25) is 0 Å². The summed E-state index contributed by atoms with van der Waals surface area (Å²) in [6.45, 7) is 7.05. The molecule has 1 spiro atoms. The number of carbonyl (C=O) groups excluding carboxylic acids is 1. The molecule has 1 saturated heterocycles. The van der Waals surface area contributed by atoms with Gasteiger partial charge in [0.15, 0.2) is 0 Å². The molecule has 1 N–H and O–H groups in total. The molecular formula is C17H24N2O. The molecule has 1 heterocycles. The van der Waals surface area contributed by atoms with Crippen molar-refractivity contribution in [3.8, 4) is 0 Å². The van der Waals surface area contributed by atoms with E-state index in [4.69, 9.17) is 0 Å². The molecule has 1 atom stereocenters. The van der Waals surface area contributed by atoms with Crippen LogP contribution in [0.5, 0.6) is 0 Å². The molecule has 108 valence electrons. The molecule has 2 aliphatic rings. The maximum Gasteiger partial charge on any atom is 0.230 e. The fourth-order valence-corrected chi connectivity index (χ4v) is 3.67. The minimum Gasteiger partial charge on any atom is -0.317 e. The van der Waals surface area contributed by atoms with Gasteiger partial charge in [0.1, 0.15) is 0 Å². The third kappa shape index (κ3) is 2.24. The zero-order valence-corrected chi connectivity index (χ0v) is 12.5. The molecule has 3 rings (SSSR count). The number of hydrogen-bond donors (Lipinski definition) is 1. The maximum atomic E-state index is 12.9. The molecule has 2 fully saturated rings. The van der Waals surface area contributed by atoms with E-state index in [2.05, 4.69) is 31.3 Å². The fourth-order valence-electron chi connectivity index (χ4n) is 3.67. The molecule has 0 radical (unpaired) electrons. The first kappa shape index (κ1) is 13.6. The predicted octanol–water partition coefficient (Wildman–Crippen LogP) is 2.74. The van der Waals surface area contributed by atoms with Gasteiger partial charge in [0.2, 0.25) is 5.91 Å². The summed E-state index contributed by atoms with van der Waals surface area (Å²) >= 11 is 0. The summed E-state index contributed by atoms with van der Waals surface area (Å²) in [5.74, 6) is 0.591. The van der Waals surface area contributed by atoms with E-state index in [1.165, 1.54) is 5.56 Å². The summed E-state index contributed by atoms with van der Waals surface area (Å²) in [5.41, 5.74) is 2.58. The number of aryl methyl sites for hydroxylation is 1. The second kappa shape index (κ2) is 5.21. The number of piperidine rings is 1. The molecule has 0 bridgehead atoms. The normalized spacial score (nSPS) is 23.6. The SMILES string of the molecule is CCN(C(=O)C1CC12CCNCC2)c1ccccc1C. The van der Waals surface area contributed by atoms with Gasteiger partial charge >= 0.3 is 0 Å². The second-order valence-corrected chi connectivity index (χ2v) is 6.24. The van der Waals surface area contributed by atoms with Crippen molar-refractivity contribution in [2.45, 2.75) is 33.1 Å². The number of hydrogen-bond acceptors (Lipinski definition) is 2. The molecule has 1 aliphatic heterocycles. The number of rotatable bonds is 3. The van der Waals surface area contributed by atoms with Crippen molar-refractivity contribution in [2.75, 3.05) is 24.5 Å². The lowest BCUT2D eigenvalue weighted by molar-refractivity contribution is -0.120. The minimum atomic E-state index is 0.254. The van der Waals surface area contributed by atoms with Gasteiger partial charge in [0.25, 0.3) is 0 Å². The van der Waals surface area contributed by atoms with Gasteiger partial charge in [0.05, 0.1) is 0 Å². The highest BCUT2D eigenvalue weighted by Crippen LogP contribution is 2.59. The summed E-state index contributed by atoms with van der Waals surface area (Å²) in [4.78, 5) is 14.9. The zero-order valence-electron chi connectivity index (χ0n) is 12.5. The Bertz CT molecular complexity index is 505. The minimum absolute atomic E-state index is 0.254. The largest absolute Gasteiger partial charge is 0.317 e. The van der Waals surface area contributed by atoms with E-state index in [0.717, 1.165) is 44.6 Å². The third-order valence-electron chi connectivity index (χ3n) is 5.08. The summed E-state index contributed by atoms with van der Waals surface area (Å²) in [6, 6.07) is 8.20. The van der Waals surface area contributed by atoms with Crippen molar-refractivity contribution < 1.29 is 4.79 Å². The van der Waals surface area contributed by atoms with Crippen LogP contribution in [-0.2, 0) is 4.79 Å². The van der Waals surface area contributed by atoms with E-state index in [9.17, 15) is 4.79 Å². The molecule has 1 aromatic rings. The number of para-hydroxylation sites is 1. The lowest BCUT2D eigenvalue weighted by Crippen LogP contribution is -2.36. The fraction of sp³-hybridized carbons (Fsp3) is 0.588. The first-order chi connectivity index (χ1) is 9.68. The standard InChI is InChI=1S/C17H24N2O/c1-3-19(15-7-5-4-6-13(15)2)16(20)14-12-17(14)8-10-18-11-9-17/h4-7,14,18H,3,8-12H2,1-2H3. The van der Waals surface area contributed by atoms with Crippen molar-refractivity contribution in [2.24, 2.45) is 11.3 Å². The first-order valence-corrected chi connectivity index (χ1v) is 7.76. The average molecular weight is 272 g/mol. The molecule has 1 saturated carbocycles. The van der Waals surface area contributed by atoms with Gasteiger partial charge in [-0.1, -0.05) is 18.2 Å². The van der Waals surface area contributed by atoms with Crippen LogP contribution in [0.1, 0.15) is 31.7 Å². The number of anilines is 1. The smallest absolute Gasteiger partial charge is 0.230 e. The van der Waals surface area contributed by atoms with Crippen LogP contribution in [0.25, 0.3) is 0 Å². The van der Waals surface area contributed by atoms with Gasteiger partial charge < -0.3 is 10.2 Å². The van der Waals surface area contributed by atoms with Gasteiger partial charge in [0, 0.05) is 18.2 Å². The Morgan fingerprint density at radius 1 is 1.35 bits per heavy atom. The quantitative estimate of drug-likeness (QED) is 0.917. The monoisotopic (exact) mass is 272 g/mol. The average Bonchev–Trinajstić information content (AvgIpc) is 3.15. The van der Waals surface area contributed by atoms with Crippen molar-refractivity contribution in [3.63, 3.8) is 0 Å². The zero-order chi connectivity index (χ0) is 14.2. The third-order valence-corrected chi connectivity index (χ3v) is 5.08. The molecule has 3 heteroatoms. The van der Waals surface area contributed by atoms with Crippen LogP contribution < -0.4 is 10.2 Å². The highest BCUT2D eigenvalue weighted by atomic mass is 16.2. The topological polar surface area (TPSA) is 32.3 Å². The molecule has 0 aromatic heterocycles. The molecule has 1 aliphatic carbocycles. The van der Waals surface area contributed by atoms with E-state index in [-0.39, 0.29) is 5.92 Å². The van der Waals surface area contributed by atoms with Crippen molar-refractivity contribution >= 4 is 11.6 Å². The predicted molar refractivity (Wildman–Crippen MR) is 81.8 cm³/mol. The Labute approximate surface area is 121 Å². The first-order valence-electron chi connectivity index (χ1n) is 7.76. The second-order valence-electron chi connectivity index (χ2n) is 6.24. The van der Waals surface area contributed by atoms with Gasteiger partial charge in [-0.15, -0.1) is 0 Å². The van der Waals surface area contributed by atoms with Gasteiger partial charge in [-0.2, -0.15) is 0 Å². The Morgan fingerprint density at radius 2 is 2.05 bits per heavy atom. The molecule has 1 aromatic carbocycles.